The third-order valence-corrected chi connectivity index (χ3v) is 5.08. The molecule has 20 heavy (non-hydrogen) atoms. The molecule has 0 spiro atoms. The Balaban J connectivity index is 1.85. The number of carbonyl (C=O) groups excluding carboxylic acids is 2. The van der Waals surface area contributed by atoms with Crippen LogP contribution in [0.2, 0.25) is 0 Å². The molecule has 2 atom stereocenters. The van der Waals surface area contributed by atoms with E-state index in [2.05, 4.69) is 10.5 Å². The van der Waals surface area contributed by atoms with Gasteiger partial charge in [0.2, 0.25) is 11.8 Å². The molecular formula is C13H20N4O3. The van der Waals surface area contributed by atoms with E-state index in [9.17, 15) is 9.59 Å². The Labute approximate surface area is 117 Å². The Hall–Kier alpha value is -1.79. The fraction of sp³-hybridized carbons (Fsp3) is 0.769. The van der Waals surface area contributed by atoms with Crippen LogP contribution in [-0.2, 0) is 9.59 Å². The number of oxime groups is 1. The van der Waals surface area contributed by atoms with E-state index >= 15 is 0 Å². The first kappa shape index (κ1) is 13.2. The largest absolute Gasteiger partial charge is 0.409 e. The van der Waals surface area contributed by atoms with Crippen molar-refractivity contribution in [3.63, 3.8) is 0 Å². The van der Waals surface area contributed by atoms with E-state index < -0.39 is 5.41 Å². The summed E-state index contributed by atoms with van der Waals surface area (Å²) in [5.74, 6) is -0.130. The van der Waals surface area contributed by atoms with Crippen LogP contribution < -0.4 is 11.1 Å². The van der Waals surface area contributed by atoms with E-state index in [1.54, 1.807) is 4.90 Å². The highest BCUT2D eigenvalue weighted by Gasteiger charge is 2.53. The van der Waals surface area contributed by atoms with Gasteiger partial charge in [-0.25, -0.2) is 0 Å². The first-order valence-corrected chi connectivity index (χ1v) is 7.17. The Morgan fingerprint density at radius 1 is 1.45 bits per heavy atom. The Bertz CT molecular complexity index is 472. The summed E-state index contributed by atoms with van der Waals surface area (Å²) in [4.78, 5) is 26.4. The third-order valence-electron chi connectivity index (χ3n) is 5.08. The van der Waals surface area contributed by atoms with Crippen LogP contribution in [0.5, 0.6) is 0 Å². The highest BCUT2D eigenvalue weighted by Crippen LogP contribution is 2.44. The first-order chi connectivity index (χ1) is 9.60. The molecule has 2 heterocycles. The first-order valence-electron chi connectivity index (χ1n) is 7.17. The highest BCUT2D eigenvalue weighted by molar-refractivity contribution is 6.08. The molecule has 7 heteroatoms. The fourth-order valence-corrected chi connectivity index (χ4v) is 3.68. The molecule has 0 aromatic carbocycles. The lowest BCUT2D eigenvalue weighted by Gasteiger charge is -2.46. The van der Waals surface area contributed by atoms with Gasteiger partial charge in [0.15, 0.2) is 5.84 Å². The van der Waals surface area contributed by atoms with Gasteiger partial charge in [0, 0.05) is 13.1 Å². The van der Waals surface area contributed by atoms with Crippen molar-refractivity contribution < 1.29 is 14.8 Å². The van der Waals surface area contributed by atoms with Gasteiger partial charge in [0.05, 0.1) is 12.0 Å². The number of rotatable bonds is 2. The molecule has 4 N–H and O–H groups in total. The van der Waals surface area contributed by atoms with Gasteiger partial charge < -0.3 is 21.2 Å². The molecule has 2 unspecified atom stereocenters. The van der Waals surface area contributed by atoms with Crippen LogP contribution in [0, 0.1) is 11.3 Å². The maximum Gasteiger partial charge on any atom is 0.236 e. The second kappa shape index (κ2) is 4.64. The van der Waals surface area contributed by atoms with Gasteiger partial charge >= 0.3 is 0 Å². The second-order valence-electron chi connectivity index (χ2n) is 5.98. The van der Waals surface area contributed by atoms with Crippen molar-refractivity contribution in [1.29, 1.82) is 0 Å². The van der Waals surface area contributed by atoms with Crippen molar-refractivity contribution in [3.05, 3.63) is 0 Å². The van der Waals surface area contributed by atoms with Crippen LogP contribution in [0.1, 0.15) is 32.1 Å². The van der Waals surface area contributed by atoms with Crippen molar-refractivity contribution in [2.24, 2.45) is 22.2 Å². The van der Waals surface area contributed by atoms with Gasteiger partial charge in [0.25, 0.3) is 0 Å². The molecule has 3 rings (SSSR count). The summed E-state index contributed by atoms with van der Waals surface area (Å²) in [5, 5.41) is 14.8. The molecule has 1 saturated carbocycles. The van der Waals surface area contributed by atoms with Crippen LogP contribution in [-0.4, -0.2) is 46.9 Å². The van der Waals surface area contributed by atoms with Crippen molar-refractivity contribution in [2.45, 2.75) is 38.1 Å². The van der Waals surface area contributed by atoms with Crippen molar-refractivity contribution in [3.8, 4) is 0 Å². The number of piperidine rings is 1. The molecule has 0 radical (unpaired) electrons. The Morgan fingerprint density at radius 2 is 2.20 bits per heavy atom. The predicted molar refractivity (Wildman–Crippen MR) is 70.9 cm³/mol. The number of amidine groups is 1. The van der Waals surface area contributed by atoms with E-state index in [1.165, 1.54) is 0 Å². The SMILES string of the molecule is NC(=NO)C1(C(=O)N2CCCC3C(=O)NCC32)CCC1. The third kappa shape index (κ3) is 1.68. The summed E-state index contributed by atoms with van der Waals surface area (Å²) in [6, 6.07) is -0.0762. The minimum Gasteiger partial charge on any atom is -0.409 e. The number of hydrogen-bond donors (Lipinski definition) is 3. The Morgan fingerprint density at radius 3 is 2.80 bits per heavy atom. The van der Waals surface area contributed by atoms with Crippen molar-refractivity contribution in [1.82, 2.24) is 10.2 Å². The van der Waals surface area contributed by atoms with Crippen molar-refractivity contribution in [2.75, 3.05) is 13.1 Å². The number of nitrogens with one attached hydrogen (secondary N) is 1. The normalized spacial score (nSPS) is 32.3. The molecule has 3 aliphatic rings. The molecule has 1 aliphatic carbocycles. The second-order valence-corrected chi connectivity index (χ2v) is 5.98. The van der Waals surface area contributed by atoms with E-state index in [0.717, 1.165) is 19.3 Å². The van der Waals surface area contributed by atoms with Crippen LogP contribution in [0.15, 0.2) is 5.16 Å². The zero-order valence-electron chi connectivity index (χ0n) is 11.3. The molecule has 0 aromatic heterocycles. The minimum atomic E-state index is -0.845. The standard InChI is InChI=1S/C13H20N4O3/c14-11(16-20)13(4-2-5-13)12(19)17-6-1-3-8-9(17)7-15-10(8)18/h8-9,20H,1-7H2,(H2,14,16)(H,15,18). The van der Waals surface area contributed by atoms with E-state index in [-0.39, 0.29) is 29.6 Å². The van der Waals surface area contributed by atoms with Gasteiger partial charge in [-0.3, -0.25) is 9.59 Å². The molecule has 0 bridgehead atoms. The lowest BCUT2D eigenvalue weighted by atomic mass is 9.66. The fourth-order valence-electron chi connectivity index (χ4n) is 3.68. The number of fused-ring (bicyclic) bond motifs is 1. The molecule has 2 saturated heterocycles. The maximum absolute atomic E-state index is 12.9. The minimum absolute atomic E-state index is 0.00755. The van der Waals surface area contributed by atoms with E-state index in [1.807, 2.05) is 0 Å². The van der Waals surface area contributed by atoms with Gasteiger partial charge in [-0.05, 0) is 25.7 Å². The maximum atomic E-state index is 12.9. The zero-order valence-corrected chi connectivity index (χ0v) is 11.3. The lowest BCUT2D eigenvalue weighted by Crippen LogP contribution is -2.60. The molecule has 0 aromatic rings. The van der Waals surface area contributed by atoms with E-state index in [0.29, 0.717) is 25.9 Å². The molecule has 2 aliphatic heterocycles. The summed E-state index contributed by atoms with van der Waals surface area (Å²) in [6.45, 7) is 1.16. The number of nitrogens with two attached hydrogens (primary N) is 1. The summed E-state index contributed by atoms with van der Waals surface area (Å²) >= 11 is 0. The summed E-state index contributed by atoms with van der Waals surface area (Å²) < 4.78 is 0. The smallest absolute Gasteiger partial charge is 0.236 e. The molecule has 2 amide bonds. The summed E-state index contributed by atoms with van der Waals surface area (Å²) in [5.41, 5.74) is 4.91. The number of carbonyl (C=O) groups is 2. The number of nitrogens with zero attached hydrogens (tertiary/aromatic N) is 2. The number of likely N-dealkylation sites (tertiary alicyclic amines) is 1. The average molecular weight is 280 g/mol. The quantitative estimate of drug-likeness (QED) is 0.278. The van der Waals surface area contributed by atoms with Crippen LogP contribution >= 0.6 is 0 Å². The monoisotopic (exact) mass is 280 g/mol. The molecule has 110 valence electrons. The lowest BCUT2D eigenvalue weighted by molar-refractivity contribution is -0.147. The predicted octanol–water partition coefficient (Wildman–Crippen LogP) is -0.360. The van der Waals surface area contributed by atoms with Gasteiger partial charge in [0.1, 0.15) is 5.41 Å². The summed E-state index contributed by atoms with van der Waals surface area (Å²) in [7, 11) is 0. The van der Waals surface area contributed by atoms with Crippen molar-refractivity contribution >= 4 is 17.6 Å². The average Bonchev–Trinajstić information content (AvgIpc) is 2.79. The number of hydrogen-bond acceptors (Lipinski definition) is 4. The van der Waals surface area contributed by atoms with E-state index in [4.69, 9.17) is 10.9 Å². The highest BCUT2D eigenvalue weighted by atomic mass is 16.4. The van der Waals surface area contributed by atoms with Gasteiger partial charge in [-0.2, -0.15) is 0 Å². The number of amides is 2. The van der Waals surface area contributed by atoms with Gasteiger partial charge in [-0.1, -0.05) is 11.6 Å². The topological polar surface area (TPSA) is 108 Å². The van der Waals surface area contributed by atoms with Crippen LogP contribution in [0.25, 0.3) is 0 Å². The Kier molecular flexibility index (Phi) is 3.07. The molecular weight excluding hydrogens is 260 g/mol. The summed E-state index contributed by atoms with van der Waals surface area (Å²) in [6.07, 6.45) is 3.80. The van der Waals surface area contributed by atoms with Crippen LogP contribution in [0.3, 0.4) is 0 Å². The van der Waals surface area contributed by atoms with Crippen LogP contribution in [0.4, 0.5) is 0 Å². The zero-order chi connectivity index (χ0) is 14.3. The molecule has 7 nitrogen and oxygen atoms in total. The molecule has 3 fully saturated rings. The van der Waals surface area contributed by atoms with Gasteiger partial charge in [-0.15, -0.1) is 0 Å².